The van der Waals surface area contributed by atoms with Crippen LogP contribution in [0.25, 0.3) is 16.9 Å². The van der Waals surface area contributed by atoms with Gasteiger partial charge >= 0.3 is 0 Å². The first-order valence-electron chi connectivity index (χ1n) is 11.1. The summed E-state index contributed by atoms with van der Waals surface area (Å²) in [5.74, 6) is -0.855. The number of hydrogen-bond donors (Lipinski definition) is 2. The lowest BCUT2D eigenvalue weighted by molar-refractivity contribution is 0.0949. The molecule has 0 aliphatic heterocycles. The third-order valence-corrected chi connectivity index (χ3v) is 5.64. The molecule has 0 atom stereocenters. The van der Waals surface area contributed by atoms with Crippen molar-refractivity contribution in [2.45, 2.75) is 25.8 Å². The summed E-state index contributed by atoms with van der Waals surface area (Å²) in [6.07, 6.45) is 3.63. The van der Waals surface area contributed by atoms with Crippen LogP contribution in [0.5, 0.6) is 0 Å². The molecule has 0 unspecified atom stereocenters. The first-order valence-corrected chi connectivity index (χ1v) is 11.1. The molecule has 170 valence electrons. The van der Waals surface area contributed by atoms with Crippen molar-refractivity contribution in [1.29, 1.82) is 0 Å². The van der Waals surface area contributed by atoms with Crippen LogP contribution in [-0.2, 0) is 0 Å². The van der Waals surface area contributed by atoms with Crippen LogP contribution in [-0.4, -0.2) is 27.6 Å². The highest BCUT2D eigenvalue weighted by Crippen LogP contribution is 2.26. The number of carbonyl (C=O) groups excluding carboxylic acids is 2. The summed E-state index contributed by atoms with van der Waals surface area (Å²) in [6.45, 7) is 1.97. The quantitative estimate of drug-likeness (QED) is 0.424. The zero-order valence-corrected chi connectivity index (χ0v) is 18.6. The molecule has 1 fully saturated rings. The largest absolute Gasteiger partial charge is 0.349 e. The normalized spacial score (nSPS) is 12.9. The van der Waals surface area contributed by atoms with Crippen molar-refractivity contribution in [3.05, 3.63) is 102 Å². The number of anilines is 1. The number of hydrogen-bond acceptors (Lipinski definition) is 3. The lowest BCUT2D eigenvalue weighted by Crippen LogP contribution is -2.25. The minimum atomic E-state index is -0.357. The van der Waals surface area contributed by atoms with Crippen molar-refractivity contribution < 1.29 is 14.0 Å². The summed E-state index contributed by atoms with van der Waals surface area (Å²) in [5, 5.41) is 10.5. The molecular weight excluding hydrogens is 431 g/mol. The van der Waals surface area contributed by atoms with Gasteiger partial charge in [0.2, 0.25) is 0 Å². The minimum Gasteiger partial charge on any atom is -0.349 e. The van der Waals surface area contributed by atoms with Crippen LogP contribution in [0, 0.1) is 12.7 Å². The van der Waals surface area contributed by atoms with Gasteiger partial charge in [-0.25, -0.2) is 9.07 Å². The second kappa shape index (κ2) is 8.94. The molecule has 1 saturated carbocycles. The number of benzene rings is 3. The second-order valence-electron chi connectivity index (χ2n) is 8.46. The van der Waals surface area contributed by atoms with E-state index in [1.807, 2.05) is 31.2 Å². The van der Waals surface area contributed by atoms with Gasteiger partial charge in [0.25, 0.3) is 11.8 Å². The van der Waals surface area contributed by atoms with Gasteiger partial charge in [-0.2, -0.15) is 5.10 Å². The van der Waals surface area contributed by atoms with Crippen molar-refractivity contribution in [2.24, 2.45) is 0 Å². The highest BCUT2D eigenvalue weighted by molar-refractivity contribution is 6.08. The third-order valence-electron chi connectivity index (χ3n) is 5.64. The van der Waals surface area contributed by atoms with Crippen molar-refractivity contribution >= 4 is 17.5 Å². The van der Waals surface area contributed by atoms with Crippen LogP contribution in [0.3, 0.4) is 0 Å². The average Bonchev–Trinajstić information content (AvgIpc) is 3.53. The van der Waals surface area contributed by atoms with E-state index in [1.165, 1.54) is 12.1 Å². The summed E-state index contributed by atoms with van der Waals surface area (Å²) >= 11 is 0. The van der Waals surface area contributed by atoms with Gasteiger partial charge in [0.1, 0.15) is 11.5 Å². The standard InChI is InChI=1S/C27H23FN4O2/c1-17-4-2-5-18(14-17)25-24(16-32(31-25)23-12-8-20(28)9-13-23)27(34)30-22-7-3-6-19(15-22)26(33)29-21-10-11-21/h2-9,12-16,21H,10-11H2,1H3,(H,29,33)(H,30,34). The maximum Gasteiger partial charge on any atom is 0.259 e. The lowest BCUT2D eigenvalue weighted by atomic mass is 10.1. The molecule has 6 nitrogen and oxygen atoms in total. The highest BCUT2D eigenvalue weighted by Gasteiger charge is 2.24. The first-order chi connectivity index (χ1) is 16.5. The van der Waals surface area contributed by atoms with Crippen molar-refractivity contribution in [3.63, 3.8) is 0 Å². The van der Waals surface area contributed by atoms with E-state index in [9.17, 15) is 14.0 Å². The lowest BCUT2D eigenvalue weighted by Gasteiger charge is -2.08. The van der Waals surface area contributed by atoms with Crippen molar-refractivity contribution in [2.75, 3.05) is 5.32 Å². The fraction of sp³-hybridized carbons (Fsp3) is 0.148. The smallest absolute Gasteiger partial charge is 0.259 e. The molecule has 0 saturated heterocycles. The predicted octanol–water partition coefficient (Wildman–Crippen LogP) is 5.13. The number of nitrogens with one attached hydrogen (secondary N) is 2. The fourth-order valence-corrected chi connectivity index (χ4v) is 3.70. The Morgan fingerprint density at radius 3 is 2.47 bits per heavy atom. The topological polar surface area (TPSA) is 76.0 Å². The first kappa shape index (κ1) is 21.6. The van der Waals surface area contributed by atoms with Crippen molar-refractivity contribution in [1.82, 2.24) is 15.1 Å². The predicted molar refractivity (Wildman–Crippen MR) is 129 cm³/mol. The number of rotatable bonds is 6. The number of aryl methyl sites for hydroxylation is 1. The Morgan fingerprint density at radius 1 is 0.971 bits per heavy atom. The van der Waals surface area contributed by atoms with Crippen LogP contribution in [0.2, 0.25) is 0 Å². The molecule has 1 heterocycles. The van der Waals surface area contributed by atoms with E-state index in [0.717, 1.165) is 24.0 Å². The van der Waals surface area contributed by atoms with Gasteiger partial charge < -0.3 is 10.6 Å². The number of aromatic nitrogens is 2. The molecule has 0 spiro atoms. The van der Waals surface area contributed by atoms with Gasteiger partial charge in [0.05, 0.1) is 11.3 Å². The molecule has 2 N–H and O–H groups in total. The van der Waals surface area contributed by atoms with Gasteiger partial charge in [-0.3, -0.25) is 9.59 Å². The zero-order chi connectivity index (χ0) is 23.7. The molecule has 0 bridgehead atoms. The van der Waals surface area contributed by atoms with E-state index in [0.29, 0.717) is 28.2 Å². The Labute approximate surface area is 196 Å². The Morgan fingerprint density at radius 2 is 1.74 bits per heavy atom. The summed E-state index contributed by atoms with van der Waals surface area (Å²) in [6, 6.07) is 20.7. The Kier molecular flexibility index (Phi) is 5.67. The summed E-state index contributed by atoms with van der Waals surface area (Å²) in [7, 11) is 0. The third kappa shape index (κ3) is 4.73. The van der Waals surface area contributed by atoms with E-state index in [-0.39, 0.29) is 23.7 Å². The number of amides is 2. The molecule has 1 aliphatic carbocycles. The van der Waals surface area contributed by atoms with Crippen molar-refractivity contribution in [3.8, 4) is 16.9 Å². The van der Waals surface area contributed by atoms with Gasteiger partial charge in [-0.15, -0.1) is 0 Å². The number of halogens is 1. The van der Waals surface area contributed by atoms with Gasteiger partial charge in [0, 0.05) is 29.1 Å². The van der Waals surface area contributed by atoms with E-state index >= 15 is 0 Å². The fourth-order valence-electron chi connectivity index (χ4n) is 3.70. The Bertz CT molecular complexity index is 1370. The van der Waals surface area contributed by atoms with Crippen LogP contribution in [0.15, 0.2) is 79.0 Å². The molecule has 1 aliphatic rings. The van der Waals surface area contributed by atoms with Crippen LogP contribution in [0.1, 0.15) is 39.1 Å². The Balaban J connectivity index is 1.47. The SMILES string of the molecule is Cc1cccc(-c2nn(-c3ccc(F)cc3)cc2C(=O)Nc2cccc(C(=O)NC3CC3)c2)c1. The molecule has 4 aromatic rings. The molecule has 0 radical (unpaired) electrons. The maximum absolute atomic E-state index is 13.4. The molecule has 5 rings (SSSR count). The maximum atomic E-state index is 13.4. The number of carbonyl (C=O) groups is 2. The molecule has 2 amide bonds. The average molecular weight is 455 g/mol. The van der Waals surface area contributed by atoms with Crippen LogP contribution >= 0.6 is 0 Å². The van der Waals surface area contributed by atoms with E-state index in [1.54, 1.807) is 47.3 Å². The van der Waals surface area contributed by atoms with Gasteiger partial charge in [-0.1, -0.05) is 29.8 Å². The van der Waals surface area contributed by atoms with E-state index < -0.39 is 0 Å². The molecule has 1 aromatic heterocycles. The molecule has 7 heteroatoms. The second-order valence-corrected chi connectivity index (χ2v) is 8.46. The zero-order valence-electron chi connectivity index (χ0n) is 18.6. The monoisotopic (exact) mass is 454 g/mol. The van der Waals surface area contributed by atoms with Gasteiger partial charge in [-0.05, 0) is 68.3 Å². The number of nitrogens with zero attached hydrogens (tertiary/aromatic N) is 2. The molecular formula is C27H23FN4O2. The van der Waals surface area contributed by atoms with E-state index in [2.05, 4.69) is 15.7 Å². The van der Waals surface area contributed by atoms with Crippen LogP contribution in [0.4, 0.5) is 10.1 Å². The minimum absolute atomic E-state index is 0.150. The summed E-state index contributed by atoms with van der Waals surface area (Å²) in [5.41, 5.74) is 4.34. The highest BCUT2D eigenvalue weighted by atomic mass is 19.1. The van der Waals surface area contributed by atoms with Gasteiger partial charge in [0.15, 0.2) is 0 Å². The molecule has 34 heavy (non-hydrogen) atoms. The van der Waals surface area contributed by atoms with Crippen LogP contribution < -0.4 is 10.6 Å². The molecule has 3 aromatic carbocycles. The summed E-state index contributed by atoms with van der Waals surface area (Å²) < 4.78 is 15.0. The summed E-state index contributed by atoms with van der Waals surface area (Å²) in [4.78, 5) is 25.7. The Hall–Kier alpha value is -4.26. The van der Waals surface area contributed by atoms with E-state index in [4.69, 9.17) is 0 Å².